The summed E-state index contributed by atoms with van der Waals surface area (Å²) >= 11 is 1.71. The molecule has 1 N–H and O–H groups in total. The third-order valence-corrected chi connectivity index (χ3v) is 6.46. The third kappa shape index (κ3) is 4.87. The Kier molecular flexibility index (Phi) is 5.74. The van der Waals surface area contributed by atoms with Gasteiger partial charge in [0.15, 0.2) is 0 Å². The van der Waals surface area contributed by atoms with Crippen LogP contribution in [0.1, 0.15) is 37.0 Å². The van der Waals surface area contributed by atoms with Crippen LogP contribution in [0, 0.1) is 5.92 Å². The molecule has 0 spiro atoms. The molecule has 1 amide bonds. The Labute approximate surface area is 164 Å². The Bertz CT molecular complexity index is 787. The first-order valence-electron chi connectivity index (χ1n) is 9.81. The van der Waals surface area contributed by atoms with Crippen LogP contribution in [0.2, 0.25) is 0 Å². The number of thiazole rings is 1. The second kappa shape index (κ2) is 8.40. The molecule has 1 unspecified atom stereocenters. The smallest absolute Gasteiger partial charge is 0.222 e. The van der Waals surface area contributed by atoms with Crippen molar-refractivity contribution in [3.05, 3.63) is 35.3 Å². The Balaban J connectivity index is 1.31. The summed E-state index contributed by atoms with van der Waals surface area (Å²) in [7, 11) is 1.68. The van der Waals surface area contributed by atoms with Gasteiger partial charge in [-0.05, 0) is 43.7 Å². The number of benzene rings is 1. The molecule has 1 saturated carbocycles. The van der Waals surface area contributed by atoms with E-state index >= 15 is 0 Å². The SMILES string of the molecule is COc1cccc(-c2ncc(CNC3CCC(=O)N(CC4CC4)CC3)s2)c1. The Hall–Kier alpha value is -1.92. The van der Waals surface area contributed by atoms with Crippen molar-refractivity contribution in [2.24, 2.45) is 5.92 Å². The predicted octanol–water partition coefficient (Wildman–Crippen LogP) is 3.70. The number of likely N-dealkylation sites (tertiary alicyclic amines) is 1. The molecular weight excluding hydrogens is 358 g/mol. The molecule has 144 valence electrons. The number of hydrogen-bond donors (Lipinski definition) is 1. The molecule has 2 heterocycles. The summed E-state index contributed by atoms with van der Waals surface area (Å²) in [5, 5.41) is 4.65. The van der Waals surface area contributed by atoms with Gasteiger partial charge in [0.05, 0.1) is 7.11 Å². The summed E-state index contributed by atoms with van der Waals surface area (Å²) in [6, 6.07) is 8.41. The molecule has 1 aromatic heterocycles. The van der Waals surface area contributed by atoms with Gasteiger partial charge in [-0.2, -0.15) is 0 Å². The van der Waals surface area contributed by atoms with Crippen molar-refractivity contribution in [3.8, 4) is 16.3 Å². The van der Waals surface area contributed by atoms with E-state index < -0.39 is 0 Å². The maximum absolute atomic E-state index is 12.3. The van der Waals surface area contributed by atoms with E-state index in [9.17, 15) is 4.79 Å². The number of amides is 1. The lowest BCUT2D eigenvalue weighted by molar-refractivity contribution is -0.130. The average molecular weight is 386 g/mol. The summed E-state index contributed by atoms with van der Waals surface area (Å²) < 4.78 is 5.30. The van der Waals surface area contributed by atoms with Crippen LogP contribution >= 0.6 is 11.3 Å². The minimum atomic E-state index is 0.337. The summed E-state index contributed by atoms with van der Waals surface area (Å²) in [5.41, 5.74) is 1.08. The van der Waals surface area contributed by atoms with E-state index in [1.165, 1.54) is 17.7 Å². The highest BCUT2D eigenvalue weighted by Crippen LogP contribution is 2.31. The van der Waals surface area contributed by atoms with Gasteiger partial charge in [0, 0.05) is 48.7 Å². The molecule has 6 heteroatoms. The molecule has 2 aromatic rings. The van der Waals surface area contributed by atoms with Crippen molar-refractivity contribution in [1.82, 2.24) is 15.2 Å². The molecule has 2 fully saturated rings. The summed E-state index contributed by atoms with van der Waals surface area (Å²) in [4.78, 5) is 20.2. The van der Waals surface area contributed by atoms with Gasteiger partial charge in [0.1, 0.15) is 10.8 Å². The molecule has 4 rings (SSSR count). The Morgan fingerprint density at radius 2 is 2.19 bits per heavy atom. The van der Waals surface area contributed by atoms with E-state index in [1.54, 1.807) is 18.4 Å². The van der Waals surface area contributed by atoms with Gasteiger partial charge in [-0.15, -0.1) is 11.3 Å². The van der Waals surface area contributed by atoms with Gasteiger partial charge in [0.2, 0.25) is 5.91 Å². The molecule has 2 aliphatic rings. The fourth-order valence-corrected chi connectivity index (χ4v) is 4.43. The van der Waals surface area contributed by atoms with Crippen LogP contribution in [0.4, 0.5) is 0 Å². The van der Waals surface area contributed by atoms with Gasteiger partial charge >= 0.3 is 0 Å². The number of carbonyl (C=O) groups is 1. The van der Waals surface area contributed by atoms with Crippen molar-refractivity contribution in [2.45, 2.75) is 44.7 Å². The molecule has 0 bridgehead atoms. The van der Waals surface area contributed by atoms with Crippen molar-refractivity contribution in [1.29, 1.82) is 0 Å². The first-order chi connectivity index (χ1) is 13.2. The highest BCUT2D eigenvalue weighted by atomic mass is 32.1. The van der Waals surface area contributed by atoms with Gasteiger partial charge in [0.25, 0.3) is 0 Å². The second-order valence-corrected chi connectivity index (χ2v) is 8.67. The average Bonchev–Trinajstić information content (AvgIpc) is 3.43. The molecule has 1 aliphatic carbocycles. The second-order valence-electron chi connectivity index (χ2n) is 7.55. The highest BCUT2D eigenvalue weighted by Gasteiger charge is 2.29. The minimum Gasteiger partial charge on any atom is -0.497 e. The number of rotatable bonds is 7. The quantitative estimate of drug-likeness (QED) is 0.790. The summed E-state index contributed by atoms with van der Waals surface area (Å²) in [5.74, 6) is 1.95. The zero-order valence-corrected chi connectivity index (χ0v) is 16.6. The van der Waals surface area contributed by atoms with Gasteiger partial charge in [-0.3, -0.25) is 4.79 Å². The fraction of sp³-hybridized carbons (Fsp3) is 0.524. The van der Waals surface area contributed by atoms with Crippen LogP contribution in [0.5, 0.6) is 5.75 Å². The molecule has 1 atom stereocenters. The first kappa shape index (κ1) is 18.4. The topological polar surface area (TPSA) is 54.5 Å². The van der Waals surface area contributed by atoms with Crippen LogP contribution in [0.25, 0.3) is 10.6 Å². The maximum Gasteiger partial charge on any atom is 0.222 e. The number of carbonyl (C=O) groups excluding carboxylic acids is 1. The first-order valence-corrected chi connectivity index (χ1v) is 10.6. The number of nitrogens with one attached hydrogen (secondary N) is 1. The number of nitrogens with zero attached hydrogens (tertiary/aromatic N) is 2. The van der Waals surface area contributed by atoms with E-state index in [0.717, 1.165) is 54.7 Å². The van der Waals surface area contributed by atoms with Crippen LogP contribution < -0.4 is 10.1 Å². The minimum absolute atomic E-state index is 0.337. The number of methoxy groups -OCH3 is 1. The van der Waals surface area contributed by atoms with E-state index in [1.807, 2.05) is 24.4 Å². The summed E-state index contributed by atoms with van der Waals surface area (Å²) in [6.45, 7) is 2.68. The predicted molar refractivity (Wildman–Crippen MR) is 108 cm³/mol. The van der Waals surface area contributed by atoms with Crippen LogP contribution in [-0.2, 0) is 11.3 Å². The zero-order chi connectivity index (χ0) is 18.6. The van der Waals surface area contributed by atoms with Crippen LogP contribution in [-0.4, -0.2) is 42.0 Å². The van der Waals surface area contributed by atoms with E-state index in [-0.39, 0.29) is 0 Å². The molecule has 27 heavy (non-hydrogen) atoms. The normalized spacial score (nSPS) is 20.6. The van der Waals surface area contributed by atoms with Gasteiger partial charge in [-0.1, -0.05) is 12.1 Å². The van der Waals surface area contributed by atoms with Crippen LogP contribution in [0.3, 0.4) is 0 Å². The van der Waals surface area contributed by atoms with Crippen molar-refractivity contribution in [2.75, 3.05) is 20.2 Å². The van der Waals surface area contributed by atoms with Crippen molar-refractivity contribution >= 4 is 17.2 Å². The number of ether oxygens (including phenoxy) is 1. The van der Waals surface area contributed by atoms with E-state index in [0.29, 0.717) is 18.4 Å². The van der Waals surface area contributed by atoms with Crippen molar-refractivity contribution < 1.29 is 9.53 Å². The lowest BCUT2D eigenvalue weighted by Crippen LogP contribution is -2.33. The monoisotopic (exact) mass is 385 g/mol. The summed E-state index contributed by atoms with van der Waals surface area (Å²) in [6.07, 6.45) is 7.19. The number of hydrogen-bond acceptors (Lipinski definition) is 5. The molecule has 1 aliphatic heterocycles. The molecule has 5 nitrogen and oxygen atoms in total. The van der Waals surface area contributed by atoms with Gasteiger partial charge in [-0.25, -0.2) is 4.98 Å². The molecule has 0 radical (unpaired) electrons. The van der Waals surface area contributed by atoms with E-state index in [2.05, 4.69) is 21.3 Å². The van der Waals surface area contributed by atoms with Crippen molar-refractivity contribution in [3.63, 3.8) is 0 Å². The van der Waals surface area contributed by atoms with E-state index in [4.69, 9.17) is 4.74 Å². The molecular formula is C21H27N3O2S. The largest absolute Gasteiger partial charge is 0.497 e. The molecule has 1 aromatic carbocycles. The fourth-order valence-electron chi connectivity index (χ4n) is 3.57. The van der Waals surface area contributed by atoms with Crippen LogP contribution in [0.15, 0.2) is 30.5 Å². The highest BCUT2D eigenvalue weighted by molar-refractivity contribution is 7.15. The Morgan fingerprint density at radius 1 is 1.30 bits per heavy atom. The number of aromatic nitrogens is 1. The third-order valence-electron chi connectivity index (χ3n) is 5.42. The van der Waals surface area contributed by atoms with Gasteiger partial charge < -0.3 is 15.0 Å². The Morgan fingerprint density at radius 3 is 3.00 bits per heavy atom. The lowest BCUT2D eigenvalue weighted by atomic mass is 10.1. The standard InChI is InChI=1S/C21H27N3O2S/c1-26-18-4-2-3-16(11-18)21-23-13-19(27-21)12-22-17-7-8-20(25)24(10-9-17)14-15-5-6-15/h2-4,11,13,15,17,22H,5-10,12,14H2,1H3. The lowest BCUT2D eigenvalue weighted by Gasteiger charge is -2.20. The maximum atomic E-state index is 12.3. The zero-order valence-electron chi connectivity index (χ0n) is 15.8. The molecule has 1 saturated heterocycles.